The lowest BCUT2D eigenvalue weighted by molar-refractivity contribution is -0.141. The predicted molar refractivity (Wildman–Crippen MR) is 69.6 cm³/mol. The molecule has 7 heteroatoms. The zero-order valence-electron chi connectivity index (χ0n) is 10.8. The number of hydrogen-bond acceptors (Lipinski definition) is 3. The monoisotopic (exact) mass is 279 g/mol. The minimum atomic E-state index is -0.926. The number of nitriles is 1. The predicted octanol–water partition coefficient (Wildman–Crippen LogP) is 1.93. The van der Waals surface area contributed by atoms with Crippen LogP contribution in [0.25, 0.3) is 0 Å². The summed E-state index contributed by atoms with van der Waals surface area (Å²) >= 11 is 0. The number of nitrogens with one attached hydrogen (secondary N) is 2. The quantitative estimate of drug-likeness (QED) is 0.766. The molecule has 0 radical (unpaired) electrons. The number of halogens is 1. The highest BCUT2D eigenvalue weighted by Gasteiger charge is 2.11. The summed E-state index contributed by atoms with van der Waals surface area (Å²) < 4.78 is 13.1. The Morgan fingerprint density at radius 2 is 2.20 bits per heavy atom. The summed E-state index contributed by atoms with van der Waals surface area (Å²) in [4.78, 5) is 22.1. The molecular formula is C13H14FN3O3. The highest BCUT2D eigenvalue weighted by molar-refractivity contribution is 5.89. The van der Waals surface area contributed by atoms with Gasteiger partial charge in [0.05, 0.1) is 11.5 Å². The van der Waals surface area contributed by atoms with Crippen molar-refractivity contribution < 1.29 is 19.1 Å². The van der Waals surface area contributed by atoms with Gasteiger partial charge in [-0.25, -0.2) is 9.18 Å². The number of rotatable bonds is 5. The van der Waals surface area contributed by atoms with E-state index in [1.807, 2.05) is 0 Å². The van der Waals surface area contributed by atoms with Crippen molar-refractivity contribution in [2.24, 2.45) is 5.92 Å². The van der Waals surface area contributed by atoms with Crippen molar-refractivity contribution in [2.45, 2.75) is 13.3 Å². The number of carboxylic acid groups (broad SMARTS) is 1. The van der Waals surface area contributed by atoms with Gasteiger partial charge >= 0.3 is 12.0 Å². The van der Waals surface area contributed by atoms with Crippen LogP contribution in [0.5, 0.6) is 0 Å². The van der Waals surface area contributed by atoms with Crippen LogP contribution in [0.1, 0.15) is 18.9 Å². The van der Waals surface area contributed by atoms with E-state index in [1.165, 1.54) is 12.1 Å². The van der Waals surface area contributed by atoms with Crippen LogP contribution in [-0.4, -0.2) is 23.7 Å². The Balaban J connectivity index is 2.47. The zero-order valence-corrected chi connectivity index (χ0v) is 10.8. The number of carboxylic acids is 1. The Kier molecular flexibility index (Phi) is 5.47. The minimum absolute atomic E-state index is 0.165. The van der Waals surface area contributed by atoms with Crippen LogP contribution < -0.4 is 10.6 Å². The standard InChI is InChI=1S/C13H14FN3O3/c1-8(12(18)19)4-5-16-13(20)17-10-2-3-11(14)9(6-10)7-15/h2-3,6,8H,4-5H2,1H3,(H,18,19)(H2,16,17,20). The summed E-state index contributed by atoms with van der Waals surface area (Å²) in [5, 5.41) is 22.2. The van der Waals surface area contributed by atoms with Crippen LogP contribution in [-0.2, 0) is 4.79 Å². The summed E-state index contributed by atoms with van der Waals surface area (Å²) in [5.41, 5.74) is 0.119. The van der Waals surface area contributed by atoms with E-state index >= 15 is 0 Å². The largest absolute Gasteiger partial charge is 0.481 e. The lowest BCUT2D eigenvalue weighted by Gasteiger charge is -2.09. The van der Waals surface area contributed by atoms with E-state index in [-0.39, 0.29) is 17.8 Å². The Bertz CT molecular complexity index is 554. The van der Waals surface area contributed by atoms with Crippen LogP contribution in [0.2, 0.25) is 0 Å². The van der Waals surface area contributed by atoms with Crippen LogP contribution in [0, 0.1) is 23.1 Å². The Labute approximate surface area is 115 Å². The molecular weight excluding hydrogens is 265 g/mol. The van der Waals surface area contributed by atoms with E-state index in [4.69, 9.17) is 10.4 Å². The third-order valence-electron chi connectivity index (χ3n) is 2.63. The van der Waals surface area contributed by atoms with Gasteiger partial charge in [0, 0.05) is 12.2 Å². The molecule has 1 aromatic carbocycles. The zero-order chi connectivity index (χ0) is 15.1. The lowest BCUT2D eigenvalue weighted by Crippen LogP contribution is -2.31. The van der Waals surface area contributed by atoms with E-state index in [0.29, 0.717) is 6.42 Å². The molecule has 1 aromatic rings. The lowest BCUT2D eigenvalue weighted by atomic mass is 10.1. The first-order valence-electron chi connectivity index (χ1n) is 5.91. The Morgan fingerprint density at radius 1 is 1.50 bits per heavy atom. The van der Waals surface area contributed by atoms with Crippen molar-refractivity contribution in [3.8, 4) is 6.07 Å². The number of benzene rings is 1. The first-order valence-corrected chi connectivity index (χ1v) is 5.91. The van der Waals surface area contributed by atoms with Gasteiger partial charge in [-0.3, -0.25) is 4.79 Å². The molecule has 1 unspecified atom stereocenters. The minimum Gasteiger partial charge on any atom is -0.481 e. The molecule has 6 nitrogen and oxygen atoms in total. The molecule has 2 amide bonds. The van der Waals surface area contributed by atoms with Crippen molar-refractivity contribution in [3.05, 3.63) is 29.6 Å². The smallest absolute Gasteiger partial charge is 0.319 e. The fourth-order valence-electron chi connectivity index (χ4n) is 1.39. The van der Waals surface area contributed by atoms with Crippen LogP contribution in [0.4, 0.5) is 14.9 Å². The third-order valence-corrected chi connectivity index (χ3v) is 2.63. The van der Waals surface area contributed by atoms with Crippen molar-refractivity contribution in [3.63, 3.8) is 0 Å². The van der Waals surface area contributed by atoms with E-state index in [2.05, 4.69) is 10.6 Å². The van der Waals surface area contributed by atoms with Crippen molar-refractivity contribution in [1.82, 2.24) is 5.32 Å². The molecule has 0 aliphatic heterocycles. The van der Waals surface area contributed by atoms with Gasteiger partial charge in [0.15, 0.2) is 0 Å². The van der Waals surface area contributed by atoms with Gasteiger partial charge in [-0.05, 0) is 24.6 Å². The molecule has 1 rings (SSSR count). The van der Waals surface area contributed by atoms with Crippen LogP contribution >= 0.6 is 0 Å². The maximum absolute atomic E-state index is 13.1. The second kappa shape index (κ2) is 7.09. The van der Waals surface area contributed by atoms with Gasteiger partial charge in [-0.1, -0.05) is 6.92 Å². The second-order valence-corrected chi connectivity index (χ2v) is 4.22. The van der Waals surface area contributed by atoms with Gasteiger partial charge in [-0.2, -0.15) is 5.26 Å². The third kappa shape index (κ3) is 4.57. The first-order chi connectivity index (χ1) is 9.43. The molecule has 0 aliphatic rings. The summed E-state index contributed by atoms with van der Waals surface area (Å²) in [6, 6.07) is 4.75. The van der Waals surface area contributed by atoms with Gasteiger partial charge < -0.3 is 15.7 Å². The molecule has 20 heavy (non-hydrogen) atoms. The van der Waals surface area contributed by atoms with E-state index < -0.39 is 23.7 Å². The topological polar surface area (TPSA) is 102 Å². The Hall–Kier alpha value is -2.62. The molecule has 0 spiro atoms. The highest BCUT2D eigenvalue weighted by atomic mass is 19.1. The maximum atomic E-state index is 13.1. The average molecular weight is 279 g/mol. The number of anilines is 1. The molecule has 0 saturated heterocycles. The molecule has 106 valence electrons. The van der Waals surface area contributed by atoms with E-state index in [0.717, 1.165) is 6.07 Å². The van der Waals surface area contributed by atoms with Crippen molar-refractivity contribution in [2.75, 3.05) is 11.9 Å². The molecule has 3 N–H and O–H groups in total. The van der Waals surface area contributed by atoms with Gasteiger partial charge in [0.25, 0.3) is 0 Å². The van der Waals surface area contributed by atoms with Gasteiger partial charge in [0.1, 0.15) is 11.9 Å². The molecule has 0 saturated carbocycles. The first kappa shape index (κ1) is 15.4. The Morgan fingerprint density at radius 3 is 2.80 bits per heavy atom. The summed E-state index contributed by atoms with van der Waals surface area (Å²) in [5.74, 6) is -2.13. The number of nitrogens with zero attached hydrogens (tertiary/aromatic N) is 1. The molecule has 0 bridgehead atoms. The number of urea groups is 1. The highest BCUT2D eigenvalue weighted by Crippen LogP contribution is 2.13. The molecule has 0 heterocycles. The van der Waals surface area contributed by atoms with Gasteiger partial charge in [-0.15, -0.1) is 0 Å². The fourth-order valence-corrected chi connectivity index (χ4v) is 1.39. The number of carbonyl (C=O) groups excluding carboxylic acids is 1. The normalized spacial score (nSPS) is 11.2. The van der Waals surface area contributed by atoms with E-state index in [9.17, 15) is 14.0 Å². The maximum Gasteiger partial charge on any atom is 0.319 e. The number of aliphatic carboxylic acids is 1. The fraction of sp³-hybridized carbons (Fsp3) is 0.308. The average Bonchev–Trinajstić information content (AvgIpc) is 2.40. The number of carbonyl (C=O) groups is 2. The number of amides is 2. The van der Waals surface area contributed by atoms with Crippen LogP contribution in [0.15, 0.2) is 18.2 Å². The second-order valence-electron chi connectivity index (χ2n) is 4.22. The molecule has 0 fully saturated rings. The molecule has 0 aromatic heterocycles. The van der Waals surface area contributed by atoms with Crippen LogP contribution in [0.3, 0.4) is 0 Å². The summed E-state index contributed by atoms with van der Waals surface area (Å²) in [6.07, 6.45) is 0.301. The van der Waals surface area contributed by atoms with Gasteiger partial charge in [0.2, 0.25) is 0 Å². The van der Waals surface area contributed by atoms with Crippen molar-refractivity contribution >= 4 is 17.7 Å². The molecule has 0 aliphatic carbocycles. The summed E-state index contributed by atoms with van der Waals surface area (Å²) in [6.45, 7) is 1.74. The SMILES string of the molecule is CC(CCNC(=O)Nc1ccc(F)c(C#N)c1)C(=O)O. The number of hydrogen-bond donors (Lipinski definition) is 3. The van der Waals surface area contributed by atoms with Crippen molar-refractivity contribution in [1.29, 1.82) is 5.26 Å². The molecule has 1 atom stereocenters. The summed E-state index contributed by atoms with van der Waals surface area (Å²) in [7, 11) is 0. The van der Waals surface area contributed by atoms with E-state index in [1.54, 1.807) is 13.0 Å².